The summed E-state index contributed by atoms with van der Waals surface area (Å²) in [5.74, 6) is 0.773. The molecule has 0 aliphatic heterocycles. The fourth-order valence-electron chi connectivity index (χ4n) is 2.16. The van der Waals surface area contributed by atoms with Gasteiger partial charge in [0.2, 0.25) is 0 Å². The summed E-state index contributed by atoms with van der Waals surface area (Å²) >= 11 is 16.4. The van der Waals surface area contributed by atoms with Gasteiger partial charge in [-0.2, -0.15) is 5.10 Å². The largest absolute Gasteiger partial charge is 0.272 e. The average molecular weight is 483 g/mol. The molecule has 3 rings (SSSR count). The van der Waals surface area contributed by atoms with Crippen molar-refractivity contribution in [2.24, 2.45) is 5.10 Å². The molecule has 0 radical (unpaired) electrons. The first kappa shape index (κ1) is 22.1. The van der Waals surface area contributed by atoms with Gasteiger partial charge in [-0.25, -0.2) is 5.43 Å². The summed E-state index contributed by atoms with van der Waals surface area (Å²) in [4.78, 5) is 12.1. The fraction of sp³-hybridized carbons (Fsp3) is 0.158. The van der Waals surface area contributed by atoms with E-state index in [4.69, 9.17) is 23.2 Å². The van der Waals surface area contributed by atoms with Crippen molar-refractivity contribution in [3.05, 3.63) is 69.7 Å². The minimum absolute atomic E-state index is 0.204. The molecule has 1 aromatic heterocycles. The molecule has 1 N–H and O–H groups in total. The molecule has 3 aromatic rings. The maximum atomic E-state index is 12.1. The van der Waals surface area contributed by atoms with Crippen LogP contribution in [0.15, 0.2) is 62.3 Å². The molecule has 0 spiro atoms. The van der Waals surface area contributed by atoms with Gasteiger partial charge in [-0.05, 0) is 30.7 Å². The van der Waals surface area contributed by atoms with Crippen LogP contribution in [0.1, 0.15) is 18.1 Å². The first-order valence-electron chi connectivity index (χ1n) is 8.43. The SMILES string of the molecule is CC(=NNC(=O)CSc1nnc(SCc2ccc(Cl)cc2)s1)c1ccccc1Cl. The Morgan fingerprint density at radius 2 is 1.76 bits per heavy atom. The molecule has 1 heterocycles. The van der Waals surface area contributed by atoms with Gasteiger partial charge < -0.3 is 0 Å². The number of nitrogens with one attached hydrogen (secondary N) is 1. The highest BCUT2D eigenvalue weighted by atomic mass is 35.5. The molecule has 2 aromatic carbocycles. The second-order valence-electron chi connectivity index (χ2n) is 5.75. The Hall–Kier alpha value is -1.58. The molecular weight excluding hydrogens is 467 g/mol. The molecule has 0 bridgehead atoms. The lowest BCUT2D eigenvalue weighted by Gasteiger charge is -2.04. The van der Waals surface area contributed by atoms with Crippen LogP contribution < -0.4 is 5.43 Å². The third-order valence-corrected chi connectivity index (χ3v) is 7.44. The van der Waals surface area contributed by atoms with Gasteiger partial charge in [-0.15, -0.1) is 10.2 Å². The van der Waals surface area contributed by atoms with Crippen LogP contribution in [0.2, 0.25) is 10.0 Å². The van der Waals surface area contributed by atoms with E-state index in [9.17, 15) is 4.79 Å². The third kappa shape index (κ3) is 7.01. The molecule has 150 valence electrons. The minimum Gasteiger partial charge on any atom is -0.272 e. The molecule has 10 heteroatoms. The number of rotatable bonds is 8. The van der Waals surface area contributed by atoms with Crippen molar-refractivity contribution in [1.82, 2.24) is 15.6 Å². The van der Waals surface area contributed by atoms with Crippen molar-refractivity contribution in [1.29, 1.82) is 0 Å². The van der Waals surface area contributed by atoms with Gasteiger partial charge in [0.15, 0.2) is 8.68 Å². The molecule has 0 unspecified atom stereocenters. The van der Waals surface area contributed by atoms with Crippen LogP contribution in [0.5, 0.6) is 0 Å². The van der Waals surface area contributed by atoms with E-state index in [2.05, 4.69) is 20.7 Å². The van der Waals surface area contributed by atoms with E-state index in [-0.39, 0.29) is 11.7 Å². The number of carbonyl (C=O) groups is 1. The van der Waals surface area contributed by atoms with Crippen LogP contribution in [0.3, 0.4) is 0 Å². The smallest absolute Gasteiger partial charge is 0.250 e. The number of aromatic nitrogens is 2. The minimum atomic E-state index is -0.216. The second kappa shape index (κ2) is 11.0. The maximum absolute atomic E-state index is 12.1. The first-order chi connectivity index (χ1) is 14.0. The summed E-state index contributed by atoms with van der Waals surface area (Å²) in [6.45, 7) is 1.80. The fourth-order valence-corrected chi connectivity index (χ4v) is 5.33. The number of amides is 1. The summed E-state index contributed by atoms with van der Waals surface area (Å²) in [7, 11) is 0. The van der Waals surface area contributed by atoms with Gasteiger partial charge in [-0.3, -0.25) is 4.79 Å². The number of halogens is 2. The summed E-state index contributed by atoms with van der Waals surface area (Å²) < 4.78 is 1.60. The number of carbonyl (C=O) groups excluding carboxylic acids is 1. The third-order valence-electron chi connectivity index (χ3n) is 3.60. The van der Waals surface area contributed by atoms with Gasteiger partial charge in [0.05, 0.1) is 11.5 Å². The number of hydrogen-bond donors (Lipinski definition) is 1. The summed E-state index contributed by atoms with van der Waals surface area (Å²) in [6, 6.07) is 15.1. The molecule has 1 amide bonds. The molecular formula is C19H16Cl2N4OS3. The number of hydrazone groups is 1. The Balaban J connectivity index is 1.45. The quantitative estimate of drug-likeness (QED) is 0.250. The van der Waals surface area contributed by atoms with Crippen molar-refractivity contribution in [3.63, 3.8) is 0 Å². The predicted molar refractivity (Wildman–Crippen MR) is 123 cm³/mol. The van der Waals surface area contributed by atoms with Gasteiger partial charge in [0.1, 0.15) is 0 Å². The highest BCUT2D eigenvalue weighted by molar-refractivity contribution is 8.03. The van der Waals surface area contributed by atoms with Crippen LogP contribution in [0, 0.1) is 0 Å². The Morgan fingerprint density at radius 3 is 2.48 bits per heavy atom. The van der Waals surface area contributed by atoms with Crippen molar-refractivity contribution in [3.8, 4) is 0 Å². The zero-order valence-electron chi connectivity index (χ0n) is 15.3. The highest BCUT2D eigenvalue weighted by Crippen LogP contribution is 2.30. The Bertz CT molecular complexity index is 1010. The van der Waals surface area contributed by atoms with Gasteiger partial charge in [0, 0.05) is 21.4 Å². The molecule has 0 aliphatic carbocycles. The molecule has 0 saturated carbocycles. The van der Waals surface area contributed by atoms with Gasteiger partial charge >= 0.3 is 0 Å². The summed E-state index contributed by atoms with van der Waals surface area (Å²) in [5, 5.41) is 13.7. The molecule has 0 fully saturated rings. The Labute approximate surface area is 191 Å². The second-order valence-corrected chi connectivity index (χ2v) is 10.0. The molecule has 0 aliphatic rings. The molecule has 29 heavy (non-hydrogen) atoms. The number of thioether (sulfide) groups is 2. The first-order valence-corrected chi connectivity index (χ1v) is 12.0. The van der Waals surface area contributed by atoms with Crippen LogP contribution in [0.25, 0.3) is 0 Å². The van der Waals surface area contributed by atoms with Crippen molar-refractivity contribution in [2.75, 3.05) is 5.75 Å². The molecule has 5 nitrogen and oxygen atoms in total. The van der Waals surface area contributed by atoms with Crippen LogP contribution in [-0.4, -0.2) is 27.6 Å². The maximum Gasteiger partial charge on any atom is 0.250 e. The van der Waals surface area contributed by atoms with Crippen molar-refractivity contribution >= 4 is 69.7 Å². The van der Waals surface area contributed by atoms with Gasteiger partial charge in [-0.1, -0.05) is 88.4 Å². The summed E-state index contributed by atoms with van der Waals surface area (Å²) in [6.07, 6.45) is 0. The lowest BCUT2D eigenvalue weighted by Crippen LogP contribution is -2.21. The van der Waals surface area contributed by atoms with Crippen LogP contribution in [0.4, 0.5) is 0 Å². The predicted octanol–water partition coefficient (Wildman–Crippen LogP) is 5.77. The summed E-state index contributed by atoms with van der Waals surface area (Å²) in [5.41, 5.74) is 5.14. The van der Waals surface area contributed by atoms with Crippen molar-refractivity contribution in [2.45, 2.75) is 21.4 Å². The Morgan fingerprint density at radius 1 is 1.07 bits per heavy atom. The normalized spacial score (nSPS) is 11.5. The molecule has 0 atom stereocenters. The standard InChI is InChI=1S/C19H16Cl2N4OS3/c1-12(15-4-2-3-5-16(15)21)22-23-17(26)11-28-19-25-24-18(29-19)27-10-13-6-8-14(20)9-7-13/h2-9H,10-11H2,1H3,(H,23,26). The van der Waals surface area contributed by atoms with Crippen LogP contribution in [-0.2, 0) is 10.5 Å². The lowest BCUT2D eigenvalue weighted by atomic mass is 10.1. The van der Waals surface area contributed by atoms with Crippen molar-refractivity contribution < 1.29 is 4.79 Å². The van der Waals surface area contributed by atoms with E-state index in [0.717, 1.165) is 30.6 Å². The van der Waals surface area contributed by atoms with E-state index in [0.29, 0.717) is 10.7 Å². The van der Waals surface area contributed by atoms with E-state index >= 15 is 0 Å². The van der Waals surface area contributed by atoms with Crippen LogP contribution >= 0.6 is 58.1 Å². The average Bonchev–Trinajstić information content (AvgIpc) is 3.18. The van der Waals surface area contributed by atoms with E-state index in [1.54, 1.807) is 24.8 Å². The van der Waals surface area contributed by atoms with Gasteiger partial charge in [0.25, 0.3) is 5.91 Å². The molecule has 0 saturated heterocycles. The van der Waals surface area contributed by atoms with E-state index in [1.165, 1.54) is 23.1 Å². The Kier molecular flexibility index (Phi) is 8.38. The number of nitrogens with zero attached hydrogens (tertiary/aromatic N) is 3. The number of hydrogen-bond acceptors (Lipinski definition) is 7. The number of benzene rings is 2. The topological polar surface area (TPSA) is 67.2 Å². The lowest BCUT2D eigenvalue weighted by molar-refractivity contribution is -0.118. The van der Waals surface area contributed by atoms with E-state index < -0.39 is 0 Å². The van der Waals surface area contributed by atoms with E-state index in [1.807, 2.05) is 42.5 Å². The zero-order chi connectivity index (χ0) is 20.6. The monoisotopic (exact) mass is 482 g/mol. The highest BCUT2D eigenvalue weighted by Gasteiger charge is 2.09. The zero-order valence-corrected chi connectivity index (χ0v) is 19.2.